The van der Waals surface area contributed by atoms with Crippen LogP contribution in [0, 0.1) is 0 Å². The minimum Gasteiger partial charge on any atom is -0.478 e. The van der Waals surface area contributed by atoms with Crippen LogP contribution < -0.4 is 0 Å². The van der Waals surface area contributed by atoms with Gasteiger partial charge in [0, 0.05) is 6.54 Å². The molecule has 1 aromatic carbocycles. The molecule has 0 unspecified atom stereocenters. The molecule has 19 heavy (non-hydrogen) atoms. The SMILES string of the molecule is O=C(O)c1ccc(Cl)c(S(=O)(=O)N2CCCCO2)c1. The Morgan fingerprint density at radius 1 is 1.37 bits per heavy atom. The molecular formula is C11H12ClNO5S. The molecule has 1 fully saturated rings. The van der Waals surface area contributed by atoms with Crippen molar-refractivity contribution in [3.63, 3.8) is 0 Å². The summed E-state index contributed by atoms with van der Waals surface area (Å²) in [4.78, 5) is 15.7. The van der Waals surface area contributed by atoms with Crippen molar-refractivity contribution < 1.29 is 23.2 Å². The van der Waals surface area contributed by atoms with Crippen LogP contribution in [0.25, 0.3) is 0 Å². The van der Waals surface area contributed by atoms with Gasteiger partial charge in [-0.3, -0.25) is 4.84 Å². The molecule has 6 nitrogen and oxygen atoms in total. The lowest BCUT2D eigenvalue weighted by atomic mass is 10.2. The molecule has 0 spiro atoms. The Labute approximate surface area is 115 Å². The molecule has 2 rings (SSSR count). The summed E-state index contributed by atoms with van der Waals surface area (Å²) in [7, 11) is -3.93. The highest BCUT2D eigenvalue weighted by molar-refractivity contribution is 7.89. The average molecular weight is 306 g/mol. The van der Waals surface area contributed by atoms with Gasteiger partial charge >= 0.3 is 5.97 Å². The fourth-order valence-corrected chi connectivity index (χ4v) is 3.51. The fourth-order valence-electron chi connectivity index (χ4n) is 1.71. The van der Waals surface area contributed by atoms with Gasteiger partial charge in [-0.15, -0.1) is 0 Å². The van der Waals surface area contributed by atoms with Gasteiger partial charge in [-0.2, -0.15) is 0 Å². The number of rotatable bonds is 3. The zero-order valence-electron chi connectivity index (χ0n) is 9.87. The molecule has 0 aliphatic carbocycles. The van der Waals surface area contributed by atoms with Gasteiger partial charge in [0.15, 0.2) is 0 Å². The number of carboxylic acids is 1. The second kappa shape index (κ2) is 5.46. The molecule has 104 valence electrons. The Morgan fingerprint density at radius 2 is 2.11 bits per heavy atom. The highest BCUT2D eigenvalue weighted by Crippen LogP contribution is 2.27. The van der Waals surface area contributed by atoms with Crippen molar-refractivity contribution in [3.05, 3.63) is 28.8 Å². The van der Waals surface area contributed by atoms with Crippen LogP contribution >= 0.6 is 11.6 Å². The average Bonchev–Trinajstić information content (AvgIpc) is 2.39. The number of benzene rings is 1. The Bertz CT molecular complexity index is 595. The first-order valence-electron chi connectivity index (χ1n) is 5.61. The summed E-state index contributed by atoms with van der Waals surface area (Å²) in [6.07, 6.45) is 1.48. The van der Waals surface area contributed by atoms with E-state index in [4.69, 9.17) is 21.5 Å². The maximum Gasteiger partial charge on any atom is 0.335 e. The summed E-state index contributed by atoms with van der Waals surface area (Å²) in [6, 6.07) is 3.54. The van der Waals surface area contributed by atoms with E-state index >= 15 is 0 Å². The number of carbonyl (C=O) groups is 1. The van der Waals surface area contributed by atoms with Gasteiger partial charge in [0.2, 0.25) is 0 Å². The molecule has 1 aliphatic rings. The summed E-state index contributed by atoms with van der Waals surface area (Å²) in [5, 5.41) is 8.86. The van der Waals surface area contributed by atoms with Crippen LogP contribution in [0.5, 0.6) is 0 Å². The molecule has 0 bridgehead atoms. The van der Waals surface area contributed by atoms with Gasteiger partial charge in [-0.05, 0) is 31.0 Å². The number of halogens is 1. The standard InChI is InChI=1S/C11H12ClNO5S/c12-9-4-3-8(11(14)15)7-10(9)19(16,17)13-5-1-2-6-18-13/h3-4,7H,1-2,5-6H2,(H,14,15). The molecule has 1 aliphatic heterocycles. The molecule has 1 saturated heterocycles. The summed E-state index contributed by atoms with van der Waals surface area (Å²) >= 11 is 5.85. The van der Waals surface area contributed by atoms with Gasteiger partial charge < -0.3 is 5.11 Å². The Balaban J connectivity index is 2.44. The number of hydrogen-bond donors (Lipinski definition) is 1. The summed E-state index contributed by atoms with van der Waals surface area (Å²) in [5.74, 6) is -1.22. The van der Waals surface area contributed by atoms with Gasteiger partial charge in [0.25, 0.3) is 10.0 Å². The first-order chi connectivity index (χ1) is 8.93. The van der Waals surface area contributed by atoms with E-state index in [1.54, 1.807) is 0 Å². The number of sulfonamides is 1. The normalized spacial score (nSPS) is 17.3. The van der Waals surface area contributed by atoms with E-state index in [1.165, 1.54) is 12.1 Å². The number of carboxylic acid groups (broad SMARTS) is 1. The first kappa shape index (κ1) is 14.3. The fraction of sp³-hybridized carbons (Fsp3) is 0.364. The van der Waals surface area contributed by atoms with E-state index < -0.39 is 16.0 Å². The Kier molecular flexibility index (Phi) is 4.10. The van der Waals surface area contributed by atoms with Crippen molar-refractivity contribution in [1.29, 1.82) is 0 Å². The van der Waals surface area contributed by atoms with Crippen LogP contribution in [0.4, 0.5) is 0 Å². The molecule has 8 heteroatoms. The maximum absolute atomic E-state index is 12.3. The van der Waals surface area contributed by atoms with Gasteiger partial charge in [-0.1, -0.05) is 16.1 Å². The molecule has 0 saturated carbocycles. The smallest absolute Gasteiger partial charge is 0.335 e. The highest BCUT2D eigenvalue weighted by Gasteiger charge is 2.30. The highest BCUT2D eigenvalue weighted by atomic mass is 35.5. The third-order valence-electron chi connectivity index (χ3n) is 2.69. The van der Waals surface area contributed by atoms with Crippen LogP contribution in [-0.2, 0) is 14.9 Å². The molecular weight excluding hydrogens is 294 g/mol. The van der Waals surface area contributed by atoms with Crippen LogP contribution in [-0.4, -0.2) is 37.1 Å². The van der Waals surface area contributed by atoms with Crippen molar-refractivity contribution in [2.24, 2.45) is 0 Å². The number of hydroxylamine groups is 1. The monoisotopic (exact) mass is 305 g/mol. The Morgan fingerprint density at radius 3 is 2.68 bits per heavy atom. The van der Waals surface area contributed by atoms with Gasteiger partial charge in [0.05, 0.1) is 17.2 Å². The van der Waals surface area contributed by atoms with E-state index in [1.807, 2.05) is 0 Å². The van der Waals surface area contributed by atoms with Crippen molar-refractivity contribution in [3.8, 4) is 0 Å². The maximum atomic E-state index is 12.3. The molecule has 1 aromatic rings. The summed E-state index contributed by atoms with van der Waals surface area (Å²) in [6.45, 7) is 0.547. The molecule has 0 radical (unpaired) electrons. The second-order valence-corrected chi connectivity index (χ2v) is 6.23. The van der Waals surface area contributed by atoms with E-state index in [0.29, 0.717) is 13.0 Å². The Hall–Kier alpha value is -1.15. The zero-order chi connectivity index (χ0) is 14.0. The van der Waals surface area contributed by atoms with Crippen LogP contribution in [0.15, 0.2) is 23.1 Å². The number of aromatic carboxylic acids is 1. The number of hydrogen-bond acceptors (Lipinski definition) is 4. The van der Waals surface area contributed by atoms with Gasteiger partial charge in [0.1, 0.15) is 4.90 Å². The number of nitrogens with zero attached hydrogens (tertiary/aromatic N) is 1. The summed E-state index contributed by atoms with van der Waals surface area (Å²) in [5.41, 5.74) is -0.139. The van der Waals surface area contributed by atoms with Crippen LogP contribution in [0.2, 0.25) is 5.02 Å². The van der Waals surface area contributed by atoms with Crippen molar-refractivity contribution in [1.82, 2.24) is 4.47 Å². The summed E-state index contributed by atoms with van der Waals surface area (Å²) < 4.78 is 25.5. The molecule has 0 atom stereocenters. The molecule has 0 amide bonds. The molecule has 0 aromatic heterocycles. The van der Waals surface area contributed by atoms with Crippen LogP contribution in [0.1, 0.15) is 23.2 Å². The predicted octanol–water partition coefficient (Wildman–Crippen LogP) is 1.75. The largest absolute Gasteiger partial charge is 0.478 e. The zero-order valence-corrected chi connectivity index (χ0v) is 11.4. The van der Waals surface area contributed by atoms with E-state index in [2.05, 4.69) is 0 Å². The third-order valence-corrected chi connectivity index (χ3v) is 4.85. The quantitative estimate of drug-likeness (QED) is 0.920. The van der Waals surface area contributed by atoms with Gasteiger partial charge in [-0.25, -0.2) is 13.2 Å². The lowest BCUT2D eigenvalue weighted by Gasteiger charge is -2.25. The van der Waals surface area contributed by atoms with E-state index in [0.717, 1.165) is 17.0 Å². The second-order valence-electron chi connectivity index (χ2n) is 4.02. The minimum absolute atomic E-state index is 0.0285. The first-order valence-corrected chi connectivity index (χ1v) is 7.43. The predicted molar refractivity (Wildman–Crippen MR) is 67.5 cm³/mol. The van der Waals surface area contributed by atoms with E-state index in [9.17, 15) is 13.2 Å². The lowest BCUT2D eigenvalue weighted by Crippen LogP contribution is -2.36. The van der Waals surface area contributed by atoms with E-state index in [-0.39, 0.29) is 22.0 Å². The van der Waals surface area contributed by atoms with Crippen molar-refractivity contribution in [2.75, 3.05) is 13.2 Å². The molecule has 1 heterocycles. The minimum atomic E-state index is -3.93. The molecule has 1 N–H and O–H groups in total. The lowest BCUT2D eigenvalue weighted by molar-refractivity contribution is -0.108. The third kappa shape index (κ3) is 2.89. The van der Waals surface area contributed by atoms with Crippen LogP contribution in [0.3, 0.4) is 0 Å². The van der Waals surface area contributed by atoms with Crippen molar-refractivity contribution >= 4 is 27.6 Å². The topological polar surface area (TPSA) is 83.9 Å². The van der Waals surface area contributed by atoms with Crippen molar-refractivity contribution in [2.45, 2.75) is 17.7 Å².